The molecule has 3 heterocycles. The van der Waals surface area contributed by atoms with Gasteiger partial charge in [-0.3, -0.25) is 9.59 Å². The van der Waals surface area contributed by atoms with E-state index in [4.69, 9.17) is 11.6 Å². The van der Waals surface area contributed by atoms with Crippen LogP contribution < -0.4 is 0 Å². The first-order valence-corrected chi connectivity index (χ1v) is 12.0. The van der Waals surface area contributed by atoms with Crippen LogP contribution in [-0.4, -0.2) is 39.7 Å². The molecule has 2 amide bonds. The van der Waals surface area contributed by atoms with E-state index in [9.17, 15) is 14.0 Å². The number of aromatic nitrogens is 1. The van der Waals surface area contributed by atoms with E-state index in [2.05, 4.69) is 4.98 Å². The third-order valence-electron chi connectivity index (χ3n) is 7.38. The van der Waals surface area contributed by atoms with Gasteiger partial charge in [0.15, 0.2) is 5.54 Å². The molecule has 2 atom stereocenters. The number of hydrogen-bond donors (Lipinski definition) is 1. The van der Waals surface area contributed by atoms with E-state index < -0.39 is 5.54 Å². The molecule has 176 valence electrons. The Bertz CT molecular complexity index is 1480. The number of amides is 2. The zero-order chi connectivity index (χ0) is 24.3. The Hall–Kier alpha value is -3.64. The summed E-state index contributed by atoms with van der Waals surface area (Å²) in [7, 11) is 0. The van der Waals surface area contributed by atoms with Crippen molar-refractivity contribution in [1.29, 1.82) is 0 Å². The van der Waals surface area contributed by atoms with Crippen molar-refractivity contribution in [2.75, 3.05) is 13.1 Å². The van der Waals surface area contributed by atoms with E-state index in [0.29, 0.717) is 11.6 Å². The van der Waals surface area contributed by atoms with Crippen molar-refractivity contribution in [2.24, 2.45) is 0 Å². The summed E-state index contributed by atoms with van der Waals surface area (Å²) in [5.74, 6) is -0.806. The molecule has 1 N–H and O–H groups in total. The fourth-order valence-electron chi connectivity index (χ4n) is 5.65. The zero-order valence-corrected chi connectivity index (χ0v) is 19.8. The minimum absolute atomic E-state index is 0.0311. The number of hydrogen-bond acceptors (Lipinski definition) is 2. The standard InChI is InChI=1S/C28H23ClFN3O2/c1-28-26-25(20-7-3-5-9-23(20)31-26)21(19-6-2-4-8-22(19)29)15-33(28)24(34)16-32(27(28)35)14-17-10-12-18(30)13-11-17/h2-13,21,31H,14-16H2,1H3/t21?,28-/m0/s1. The monoisotopic (exact) mass is 487 g/mol. The summed E-state index contributed by atoms with van der Waals surface area (Å²) < 4.78 is 13.4. The van der Waals surface area contributed by atoms with Gasteiger partial charge in [-0.25, -0.2) is 4.39 Å². The number of halogens is 2. The molecule has 35 heavy (non-hydrogen) atoms. The maximum absolute atomic E-state index is 14.1. The van der Waals surface area contributed by atoms with E-state index >= 15 is 0 Å². The Morgan fingerprint density at radius 3 is 2.51 bits per heavy atom. The van der Waals surface area contributed by atoms with Crippen LogP contribution in [0, 0.1) is 5.82 Å². The van der Waals surface area contributed by atoms with Gasteiger partial charge in [0, 0.05) is 34.9 Å². The highest BCUT2D eigenvalue weighted by molar-refractivity contribution is 6.31. The van der Waals surface area contributed by atoms with Gasteiger partial charge in [0.2, 0.25) is 5.91 Å². The van der Waals surface area contributed by atoms with Crippen LogP contribution in [0.2, 0.25) is 5.02 Å². The second-order valence-electron chi connectivity index (χ2n) is 9.40. The minimum Gasteiger partial charge on any atom is -0.356 e. The number of carbonyl (C=O) groups is 2. The van der Waals surface area contributed by atoms with Gasteiger partial charge in [-0.15, -0.1) is 0 Å². The Balaban J connectivity index is 1.51. The predicted molar refractivity (Wildman–Crippen MR) is 132 cm³/mol. The molecule has 2 aliphatic heterocycles. The molecule has 0 radical (unpaired) electrons. The molecule has 1 unspecified atom stereocenters. The van der Waals surface area contributed by atoms with Gasteiger partial charge < -0.3 is 14.8 Å². The first-order chi connectivity index (χ1) is 16.9. The highest BCUT2D eigenvalue weighted by atomic mass is 35.5. The number of nitrogens with zero attached hydrogens (tertiary/aromatic N) is 2. The lowest BCUT2D eigenvalue weighted by Gasteiger charge is -2.51. The number of rotatable bonds is 3. The second-order valence-corrected chi connectivity index (χ2v) is 9.80. The zero-order valence-electron chi connectivity index (χ0n) is 19.1. The molecule has 1 fully saturated rings. The molecule has 1 aromatic heterocycles. The van der Waals surface area contributed by atoms with Crippen molar-refractivity contribution < 1.29 is 14.0 Å². The van der Waals surface area contributed by atoms with Crippen LogP contribution >= 0.6 is 11.6 Å². The average Bonchev–Trinajstić information content (AvgIpc) is 3.25. The van der Waals surface area contributed by atoms with Crippen molar-refractivity contribution >= 4 is 34.3 Å². The molecule has 6 rings (SSSR count). The normalized spacial score (nSPS) is 21.9. The topological polar surface area (TPSA) is 56.4 Å². The van der Waals surface area contributed by atoms with Gasteiger partial charge in [-0.1, -0.05) is 60.1 Å². The van der Waals surface area contributed by atoms with Crippen LogP contribution in [0.4, 0.5) is 4.39 Å². The first-order valence-electron chi connectivity index (χ1n) is 11.6. The van der Waals surface area contributed by atoms with E-state index in [0.717, 1.165) is 33.3 Å². The van der Waals surface area contributed by atoms with E-state index in [1.165, 1.54) is 12.1 Å². The summed E-state index contributed by atoms with van der Waals surface area (Å²) in [6.45, 7) is 2.37. The lowest BCUT2D eigenvalue weighted by Crippen LogP contribution is -2.67. The molecule has 4 aromatic rings. The molecule has 5 nitrogen and oxygen atoms in total. The number of carbonyl (C=O) groups excluding carboxylic acids is 2. The third kappa shape index (κ3) is 3.27. The number of fused-ring (bicyclic) bond motifs is 5. The summed E-state index contributed by atoms with van der Waals surface area (Å²) in [4.78, 5) is 34.4. The van der Waals surface area contributed by atoms with Crippen LogP contribution in [0.5, 0.6) is 0 Å². The predicted octanol–water partition coefficient (Wildman–Crippen LogP) is 5.19. The maximum Gasteiger partial charge on any atom is 0.255 e. The molecule has 1 saturated heterocycles. The number of nitrogens with one attached hydrogen (secondary N) is 1. The number of piperazine rings is 1. The number of para-hydroxylation sites is 1. The van der Waals surface area contributed by atoms with Crippen molar-refractivity contribution in [2.45, 2.75) is 24.9 Å². The Morgan fingerprint density at radius 2 is 1.74 bits per heavy atom. The summed E-state index contributed by atoms with van der Waals surface area (Å²) in [6, 6.07) is 21.6. The van der Waals surface area contributed by atoms with Gasteiger partial charge in [-0.2, -0.15) is 0 Å². The molecule has 3 aromatic carbocycles. The van der Waals surface area contributed by atoms with E-state index in [-0.39, 0.29) is 36.6 Å². The van der Waals surface area contributed by atoms with Crippen molar-refractivity contribution in [1.82, 2.24) is 14.8 Å². The smallest absolute Gasteiger partial charge is 0.255 e. The molecular formula is C28H23ClFN3O2. The van der Waals surface area contributed by atoms with Crippen LogP contribution in [0.15, 0.2) is 72.8 Å². The van der Waals surface area contributed by atoms with Gasteiger partial charge in [0.25, 0.3) is 5.91 Å². The number of H-pyrrole nitrogens is 1. The first kappa shape index (κ1) is 21.9. The molecule has 2 aliphatic rings. The molecule has 7 heteroatoms. The number of benzene rings is 3. The van der Waals surface area contributed by atoms with Crippen LogP contribution in [0.1, 0.15) is 35.2 Å². The fourth-order valence-corrected chi connectivity index (χ4v) is 5.92. The Labute approximate surface area is 207 Å². The lowest BCUT2D eigenvalue weighted by molar-refractivity contribution is -0.166. The molecule has 0 aliphatic carbocycles. The molecule has 0 saturated carbocycles. The van der Waals surface area contributed by atoms with Crippen LogP contribution in [-0.2, 0) is 21.7 Å². The average molecular weight is 488 g/mol. The highest BCUT2D eigenvalue weighted by Gasteiger charge is 2.56. The largest absolute Gasteiger partial charge is 0.356 e. The van der Waals surface area contributed by atoms with Gasteiger partial charge in [-0.05, 0) is 47.9 Å². The van der Waals surface area contributed by atoms with E-state index in [1.807, 2.05) is 55.5 Å². The van der Waals surface area contributed by atoms with Crippen LogP contribution in [0.25, 0.3) is 10.9 Å². The summed E-state index contributed by atoms with van der Waals surface area (Å²) in [5.41, 5.74) is 3.13. The van der Waals surface area contributed by atoms with Crippen LogP contribution in [0.3, 0.4) is 0 Å². The summed E-state index contributed by atoms with van der Waals surface area (Å²) >= 11 is 6.63. The van der Waals surface area contributed by atoms with Gasteiger partial charge >= 0.3 is 0 Å². The second kappa shape index (κ2) is 7.95. The van der Waals surface area contributed by atoms with Gasteiger partial charge in [0.1, 0.15) is 12.4 Å². The lowest BCUT2D eigenvalue weighted by atomic mass is 9.76. The Kier molecular flexibility index (Phi) is 4.97. The minimum atomic E-state index is -1.19. The van der Waals surface area contributed by atoms with Gasteiger partial charge in [0.05, 0.1) is 5.69 Å². The molecular weight excluding hydrogens is 465 g/mol. The Morgan fingerprint density at radius 1 is 1.03 bits per heavy atom. The summed E-state index contributed by atoms with van der Waals surface area (Å²) in [6.07, 6.45) is 0. The number of aromatic amines is 1. The molecule has 0 bridgehead atoms. The third-order valence-corrected chi connectivity index (χ3v) is 7.73. The SMILES string of the molecule is C[C@]12C(=O)N(Cc3ccc(F)cc3)CC(=O)N1CC(c1ccccc1Cl)c1c2[nH]c2ccccc12. The van der Waals surface area contributed by atoms with Crippen molar-refractivity contribution in [3.63, 3.8) is 0 Å². The van der Waals surface area contributed by atoms with E-state index in [1.54, 1.807) is 21.9 Å². The summed E-state index contributed by atoms with van der Waals surface area (Å²) in [5, 5.41) is 1.65. The fraction of sp³-hybridized carbons (Fsp3) is 0.214. The van der Waals surface area contributed by atoms with Crippen molar-refractivity contribution in [3.8, 4) is 0 Å². The highest BCUT2D eigenvalue weighted by Crippen LogP contribution is 2.49. The quantitative estimate of drug-likeness (QED) is 0.432. The maximum atomic E-state index is 14.1. The van der Waals surface area contributed by atoms with Crippen molar-refractivity contribution in [3.05, 3.63) is 106 Å². The molecule has 0 spiro atoms.